The smallest absolute Gasteiger partial charge is 0.159 e. The highest BCUT2D eigenvalue weighted by molar-refractivity contribution is 5.56. The standard InChI is InChI=1S/C15H18FN3/c1-9-4-5-12(8-14(9)16)15-18-10(2)13(6-7-17)11(3)19-15/h4-5,8H,6-7,17H2,1-3H3. The molecule has 2 aromatic rings. The molecule has 0 aliphatic carbocycles. The quantitative estimate of drug-likeness (QED) is 0.922. The summed E-state index contributed by atoms with van der Waals surface area (Å²) >= 11 is 0. The highest BCUT2D eigenvalue weighted by Gasteiger charge is 2.10. The summed E-state index contributed by atoms with van der Waals surface area (Å²) in [5.74, 6) is 0.331. The fourth-order valence-corrected chi connectivity index (χ4v) is 2.11. The normalized spacial score (nSPS) is 10.8. The highest BCUT2D eigenvalue weighted by Crippen LogP contribution is 2.21. The van der Waals surface area contributed by atoms with Crippen LogP contribution >= 0.6 is 0 Å². The monoisotopic (exact) mass is 259 g/mol. The van der Waals surface area contributed by atoms with Gasteiger partial charge in [-0.2, -0.15) is 0 Å². The van der Waals surface area contributed by atoms with Crippen molar-refractivity contribution in [3.63, 3.8) is 0 Å². The van der Waals surface area contributed by atoms with E-state index >= 15 is 0 Å². The van der Waals surface area contributed by atoms with Gasteiger partial charge in [-0.3, -0.25) is 0 Å². The molecule has 0 radical (unpaired) electrons. The van der Waals surface area contributed by atoms with Gasteiger partial charge in [0.05, 0.1) is 0 Å². The van der Waals surface area contributed by atoms with E-state index in [1.165, 1.54) is 6.07 Å². The van der Waals surface area contributed by atoms with E-state index in [9.17, 15) is 4.39 Å². The molecule has 0 unspecified atom stereocenters. The second-order valence-electron chi connectivity index (χ2n) is 4.70. The average Bonchev–Trinajstić information content (AvgIpc) is 2.37. The van der Waals surface area contributed by atoms with E-state index in [0.29, 0.717) is 23.5 Å². The minimum absolute atomic E-state index is 0.234. The molecule has 0 fully saturated rings. The molecule has 100 valence electrons. The lowest BCUT2D eigenvalue weighted by Gasteiger charge is -2.10. The van der Waals surface area contributed by atoms with Gasteiger partial charge >= 0.3 is 0 Å². The number of benzene rings is 1. The van der Waals surface area contributed by atoms with Gasteiger partial charge in [-0.1, -0.05) is 12.1 Å². The largest absolute Gasteiger partial charge is 0.330 e. The molecule has 0 atom stereocenters. The lowest BCUT2D eigenvalue weighted by atomic mass is 10.1. The second-order valence-corrected chi connectivity index (χ2v) is 4.70. The topological polar surface area (TPSA) is 51.8 Å². The Morgan fingerprint density at radius 1 is 1.11 bits per heavy atom. The molecule has 0 amide bonds. The third-order valence-electron chi connectivity index (χ3n) is 3.25. The third kappa shape index (κ3) is 2.79. The summed E-state index contributed by atoms with van der Waals surface area (Å²) in [6.45, 7) is 6.19. The van der Waals surface area contributed by atoms with Crippen molar-refractivity contribution in [3.05, 3.63) is 46.5 Å². The molecule has 0 aliphatic rings. The van der Waals surface area contributed by atoms with Gasteiger partial charge in [0.1, 0.15) is 5.82 Å². The molecule has 1 heterocycles. The van der Waals surface area contributed by atoms with Crippen molar-refractivity contribution in [2.45, 2.75) is 27.2 Å². The van der Waals surface area contributed by atoms with Gasteiger partial charge in [0.25, 0.3) is 0 Å². The van der Waals surface area contributed by atoms with Crippen LogP contribution in [-0.2, 0) is 6.42 Å². The van der Waals surface area contributed by atoms with Crippen molar-refractivity contribution in [1.29, 1.82) is 0 Å². The zero-order chi connectivity index (χ0) is 14.0. The lowest BCUT2D eigenvalue weighted by molar-refractivity contribution is 0.619. The number of rotatable bonds is 3. The van der Waals surface area contributed by atoms with Crippen LogP contribution in [0, 0.1) is 26.6 Å². The zero-order valence-electron chi connectivity index (χ0n) is 11.5. The van der Waals surface area contributed by atoms with Gasteiger partial charge < -0.3 is 5.73 Å². The molecule has 4 heteroatoms. The van der Waals surface area contributed by atoms with Crippen LogP contribution in [-0.4, -0.2) is 16.5 Å². The molecule has 2 rings (SSSR count). The fourth-order valence-electron chi connectivity index (χ4n) is 2.11. The van der Waals surface area contributed by atoms with Crippen LogP contribution < -0.4 is 5.73 Å². The van der Waals surface area contributed by atoms with Gasteiger partial charge in [-0.15, -0.1) is 0 Å². The first-order chi connectivity index (χ1) is 9.02. The van der Waals surface area contributed by atoms with E-state index in [1.54, 1.807) is 13.0 Å². The molecule has 0 saturated heterocycles. The second kappa shape index (κ2) is 5.45. The molecule has 19 heavy (non-hydrogen) atoms. The van der Waals surface area contributed by atoms with Gasteiger partial charge in [0, 0.05) is 17.0 Å². The maximum atomic E-state index is 13.6. The molecule has 0 spiro atoms. The molecule has 0 bridgehead atoms. The number of halogens is 1. The molecular weight excluding hydrogens is 241 g/mol. The Hall–Kier alpha value is -1.81. The maximum Gasteiger partial charge on any atom is 0.159 e. The molecular formula is C15H18FN3. The first-order valence-corrected chi connectivity index (χ1v) is 6.33. The minimum atomic E-state index is -0.234. The summed E-state index contributed by atoms with van der Waals surface area (Å²) in [5.41, 5.74) is 9.81. The number of nitrogens with zero attached hydrogens (tertiary/aromatic N) is 2. The van der Waals surface area contributed by atoms with Crippen LogP contribution in [0.3, 0.4) is 0 Å². The SMILES string of the molecule is Cc1ccc(-c2nc(C)c(CCN)c(C)n2)cc1F. The summed E-state index contributed by atoms with van der Waals surface area (Å²) in [6, 6.07) is 5.06. The maximum absolute atomic E-state index is 13.6. The van der Waals surface area contributed by atoms with E-state index in [4.69, 9.17) is 5.73 Å². The Balaban J connectivity index is 2.48. The average molecular weight is 259 g/mol. The van der Waals surface area contributed by atoms with Crippen LogP contribution in [0.25, 0.3) is 11.4 Å². The van der Waals surface area contributed by atoms with Crippen molar-refractivity contribution < 1.29 is 4.39 Å². The first-order valence-electron chi connectivity index (χ1n) is 6.33. The van der Waals surface area contributed by atoms with E-state index < -0.39 is 0 Å². The number of hydrogen-bond donors (Lipinski definition) is 1. The molecule has 3 nitrogen and oxygen atoms in total. The molecule has 1 aromatic carbocycles. The van der Waals surface area contributed by atoms with E-state index in [-0.39, 0.29) is 5.82 Å². The first kappa shape index (κ1) is 13.6. The van der Waals surface area contributed by atoms with Gasteiger partial charge in [-0.25, -0.2) is 14.4 Å². The number of aryl methyl sites for hydroxylation is 3. The summed E-state index contributed by atoms with van der Waals surface area (Å²) in [7, 11) is 0. The Kier molecular flexibility index (Phi) is 3.90. The van der Waals surface area contributed by atoms with Gasteiger partial charge in [0.2, 0.25) is 0 Å². The van der Waals surface area contributed by atoms with Crippen molar-refractivity contribution in [2.24, 2.45) is 5.73 Å². The Morgan fingerprint density at radius 2 is 1.74 bits per heavy atom. The number of hydrogen-bond acceptors (Lipinski definition) is 3. The number of nitrogens with two attached hydrogens (primary N) is 1. The highest BCUT2D eigenvalue weighted by atomic mass is 19.1. The molecule has 1 aromatic heterocycles. The van der Waals surface area contributed by atoms with Crippen molar-refractivity contribution in [2.75, 3.05) is 6.54 Å². The fraction of sp³-hybridized carbons (Fsp3) is 0.333. The molecule has 0 saturated carbocycles. The van der Waals surface area contributed by atoms with E-state index in [0.717, 1.165) is 23.4 Å². The lowest BCUT2D eigenvalue weighted by Crippen LogP contribution is -2.09. The van der Waals surface area contributed by atoms with Crippen LogP contribution in [0.4, 0.5) is 4.39 Å². The van der Waals surface area contributed by atoms with Crippen LogP contribution in [0.2, 0.25) is 0 Å². The van der Waals surface area contributed by atoms with E-state index in [1.807, 2.05) is 19.9 Å². The summed E-state index contributed by atoms with van der Waals surface area (Å²) < 4.78 is 13.6. The van der Waals surface area contributed by atoms with Crippen LogP contribution in [0.5, 0.6) is 0 Å². The van der Waals surface area contributed by atoms with Crippen molar-refractivity contribution in [3.8, 4) is 11.4 Å². The van der Waals surface area contributed by atoms with Crippen LogP contribution in [0.1, 0.15) is 22.5 Å². The predicted octanol–water partition coefficient (Wildman–Crippen LogP) is 2.71. The summed E-state index contributed by atoms with van der Waals surface area (Å²) in [5, 5.41) is 0. The van der Waals surface area contributed by atoms with E-state index in [2.05, 4.69) is 9.97 Å². The van der Waals surface area contributed by atoms with Crippen molar-refractivity contribution in [1.82, 2.24) is 9.97 Å². The Morgan fingerprint density at radius 3 is 2.26 bits per heavy atom. The van der Waals surface area contributed by atoms with Crippen LogP contribution in [0.15, 0.2) is 18.2 Å². The Bertz CT molecular complexity index is 585. The zero-order valence-corrected chi connectivity index (χ0v) is 11.5. The Labute approximate surface area is 112 Å². The summed E-state index contributed by atoms with van der Waals surface area (Å²) in [6.07, 6.45) is 0.764. The molecule has 2 N–H and O–H groups in total. The van der Waals surface area contributed by atoms with Gasteiger partial charge in [-0.05, 0) is 50.9 Å². The summed E-state index contributed by atoms with van der Waals surface area (Å²) in [4.78, 5) is 8.92. The minimum Gasteiger partial charge on any atom is -0.330 e. The predicted molar refractivity (Wildman–Crippen MR) is 74.4 cm³/mol. The van der Waals surface area contributed by atoms with Gasteiger partial charge in [0.15, 0.2) is 5.82 Å². The number of aromatic nitrogens is 2. The van der Waals surface area contributed by atoms with Crippen molar-refractivity contribution >= 4 is 0 Å². The third-order valence-corrected chi connectivity index (χ3v) is 3.25. The molecule has 0 aliphatic heterocycles.